The molecular weight excluding hydrogens is 522 g/mol. The Morgan fingerprint density at radius 3 is 1.94 bits per heavy atom. The van der Waals surface area contributed by atoms with Crippen LogP contribution in [-0.2, 0) is 26.2 Å². The summed E-state index contributed by atoms with van der Waals surface area (Å²) in [6.45, 7) is 6.37. The van der Waals surface area contributed by atoms with E-state index in [2.05, 4.69) is 98.5 Å². The van der Waals surface area contributed by atoms with Crippen LogP contribution in [0.5, 0.6) is 0 Å². The molecule has 168 valence electrons. The van der Waals surface area contributed by atoms with Crippen LogP contribution < -0.4 is 24.8 Å². The summed E-state index contributed by atoms with van der Waals surface area (Å²) in [4.78, 5) is 0. The van der Waals surface area contributed by atoms with E-state index in [1.54, 1.807) is 5.57 Å². The summed E-state index contributed by atoms with van der Waals surface area (Å²) in [6.07, 6.45) is 9.20. The molecule has 2 atom stereocenters. The quantitative estimate of drug-likeness (QED) is 0.395. The smallest absolute Gasteiger partial charge is 1.00 e. The van der Waals surface area contributed by atoms with Crippen LogP contribution >= 0.6 is 0 Å². The fourth-order valence-corrected chi connectivity index (χ4v) is 5.83. The first-order valence-corrected chi connectivity index (χ1v) is 11.4. The fourth-order valence-electron chi connectivity index (χ4n) is 5.83. The van der Waals surface area contributed by atoms with Gasteiger partial charge < -0.3 is 24.8 Å². The van der Waals surface area contributed by atoms with Crippen molar-refractivity contribution >= 4 is 6.08 Å². The first-order valence-electron chi connectivity index (χ1n) is 11.4. The van der Waals surface area contributed by atoms with Crippen LogP contribution in [-0.4, -0.2) is 0 Å². The Balaban J connectivity index is 0.00000128. The third-order valence-corrected chi connectivity index (χ3v) is 7.22. The van der Waals surface area contributed by atoms with Gasteiger partial charge in [-0.2, -0.15) is 0 Å². The van der Waals surface area contributed by atoms with E-state index in [9.17, 15) is 0 Å². The number of benzene rings is 3. The minimum absolute atomic E-state index is 0. The number of hydrogen-bond acceptors (Lipinski definition) is 0. The van der Waals surface area contributed by atoms with Crippen molar-refractivity contribution in [3.05, 3.63) is 113 Å². The monoisotopic (exact) mass is 550 g/mol. The van der Waals surface area contributed by atoms with Gasteiger partial charge in [-0.15, -0.1) is 6.58 Å². The van der Waals surface area contributed by atoms with Crippen LogP contribution in [0.1, 0.15) is 66.7 Å². The van der Waals surface area contributed by atoms with E-state index in [0.29, 0.717) is 17.8 Å². The molecule has 3 heteroatoms. The summed E-state index contributed by atoms with van der Waals surface area (Å²) < 4.78 is 0. The molecule has 3 aromatic rings. The van der Waals surface area contributed by atoms with E-state index in [-0.39, 0.29) is 51.0 Å². The van der Waals surface area contributed by atoms with Crippen LogP contribution in [0.25, 0.3) is 17.2 Å². The molecule has 0 N–H and O–H groups in total. The van der Waals surface area contributed by atoms with Crippen LogP contribution in [0.2, 0.25) is 0 Å². The third kappa shape index (κ3) is 5.17. The molecule has 3 aromatic carbocycles. The molecule has 0 fully saturated rings. The Kier molecular flexibility index (Phi) is 10.4. The van der Waals surface area contributed by atoms with E-state index in [1.165, 1.54) is 46.2 Å². The van der Waals surface area contributed by atoms with Gasteiger partial charge in [0.15, 0.2) is 0 Å². The molecule has 0 spiro atoms. The summed E-state index contributed by atoms with van der Waals surface area (Å²) in [7, 11) is 0. The van der Waals surface area contributed by atoms with E-state index >= 15 is 0 Å². The van der Waals surface area contributed by atoms with Gasteiger partial charge in [-0.3, -0.25) is 0 Å². The van der Waals surface area contributed by atoms with Gasteiger partial charge in [0.25, 0.3) is 0 Å². The maximum absolute atomic E-state index is 4.04. The van der Waals surface area contributed by atoms with Crippen molar-refractivity contribution in [3.63, 3.8) is 0 Å². The molecule has 0 aromatic heterocycles. The largest absolute Gasteiger partial charge is 2.00 e. The molecule has 2 unspecified atom stereocenters. The molecular formula is C30H30Cl2Zr. The molecule has 0 radical (unpaired) electrons. The van der Waals surface area contributed by atoms with Crippen LogP contribution in [0.4, 0.5) is 0 Å². The van der Waals surface area contributed by atoms with E-state index in [4.69, 9.17) is 0 Å². The fraction of sp³-hybridized carbons (Fsp3) is 0.267. The molecule has 2 aliphatic rings. The van der Waals surface area contributed by atoms with Gasteiger partial charge in [-0.1, -0.05) is 104 Å². The van der Waals surface area contributed by atoms with Gasteiger partial charge in [0.2, 0.25) is 0 Å². The number of rotatable bonds is 7. The second-order valence-corrected chi connectivity index (χ2v) is 8.78. The maximum atomic E-state index is 4.04. The molecule has 0 nitrogen and oxygen atoms in total. The molecule has 0 saturated carbocycles. The second kappa shape index (κ2) is 12.3. The molecule has 0 heterocycles. The Morgan fingerprint density at radius 2 is 1.36 bits per heavy atom. The number of hydrogen-bond donors (Lipinski definition) is 0. The van der Waals surface area contributed by atoms with Crippen molar-refractivity contribution in [1.82, 2.24) is 0 Å². The van der Waals surface area contributed by atoms with Crippen molar-refractivity contribution in [2.45, 2.75) is 44.4 Å². The van der Waals surface area contributed by atoms with Crippen molar-refractivity contribution in [1.29, 1.82) is 0 Å². The summed E-state index contributed by atoms with van der Waals surface area (Å²) >= 11 is 0. The van der Waals surface area contributed by atoms with Crippen molar-refractivity contribution in [2.24, 2.45) is 5.92 Å². The zero-order chi connectivity index (χ0) is 20.5. The molecule has 33 heavy (non-hydrogen) atoms. The summed E-state index contributed by atoms with van der Waals surface area (Å²) in [6, 6.07) is 27.0. The molecule has 0 bridgehead atoms. The summed E-state index contributed by atoms with van der Waals surface area (Å²) in [5.41, 5.74) is 10.4. The Labute approximate surface area is 230 Å². The van der Waals surface area contributed by atoms with E-state index < -0.39 is 0 Å². The normalized spacial score (nSPS) is 16.2. The first-order chi connectivity index (χ1) is 14.8. The predicted octanol–water partition coefficient (Wildman–Crippen LogP) is 2.37. The zero-order valence-electron chi connectivity index (χ0n) is 19.1. The number of allylic oxidation sites excluding steroid dienone is 2. The molecule has 0 saturated heterocycles. The maximum Gasteiger partial charge on any atom is 2.00 e. The Bertz CT molecular complexity index is 1070. The van der Waals surface area contributed by atoms with Gasteiger partial charge >= 0.3 is 26.2 Å². The third-order valence-electron chi connectivity index (χ3n) is 7.22. The van der Waals surface area contributed by atoms with Crippen LogP contribution in [0.3, 0.4) is 0 Å². The van der Waals surface area contributed by atoms with Crippen molar-refractivity contribution < 1.29 is 51.0 Å². The second-order valence-electron chi connectivity index (χ2n) is 8.78. The molecule has 5 rings (SSSR count). The summed E-state index contributed by atoms with van der Waals surface area (Å²) in [5, 5.41) is 0. The van der Waals surface area contributed by atoms with Crippen LogP contribution in [0.15, 0.2) is 91.0 Å². The Morgan fingerprint density at radius 1 is 0.818 bits per heavy atom. The zero-order valence-corrected chi connectivity index (χ0v) is 23.1. The van der Waals surface area contributed by atoms with Gasteiger partial charge in [0.1, 0.15) is 0 Å². The van der Waals surface area contributed by atoms with E-state index in [0.717, 1.165) is 12.8 Å². The standard InChI is InChI=1S/C30H30.2ClH.Zr/c1-3-11-21(4-2)30-23(20-22-12-5-6-13-24(22)30)18-19-29-27-16-9-7-14-25(27)26-15-8-10-17-28(26)29;;;/h3,5-10,12-17,20-21,29-30H,1,4,11,18-19H2,2H3;2*1H;/q;;;+2/p-2. The van der Waals surface area contributed by atoms with Gasteiger partial charge in [-0.25, -0.2) is 0 Å². The van der Waals surface area contributed by atoms with Gasteiger partial charge in [0.05, 0.1) is 0 Å². The minimum atomic E-state index is 0. The SMILES string of the molecule is C=CCC(CC)C1C(CCC2c3ccccc3-c3ccccc32)=Cc2ccccc21.[Cl-].[Cl-].[Zr+2]. The molecule has 0 aliphatic heterocycles. The van der Waals surface area contributed by atoms with Gasteiger partial charge in [0, 0.05) is 11.8 Å². The number of halogens is 2. The first kappa shape index (κ1) is 27.8. The summed E-state index contributed by atoms with van der Waals surface area (Å²) in [5.74, 6) is 1.68. The van der Waals surface area contributed by atoms with E-state index in [1.807, 2.05) is 0 Å². The topological polar surface area (TPSA) is 0 Å². The molecule has 2 aliphatic carbocycles. The van der Waals surface area contributed by atoms with Crippen molar-refractivity contribution in [2.75, 3.05) is 0 Å². The van der Waals surface area contributed by atoms with Crippen LogP contribution in [0, 0.1) is 5.92 Å². The minimum Gasteiger partial charge on any atom is -1.00 e. The van der Waals surface area contributed by atoms with Gasteiger partial charge in [-0.05, 0) is 58.6 Å². The molecule has 0 amide bonds. The average Bonchev–Trinajstić information content (AvgIpc) is 3.32. The predicted molar refractivity (Wildman–Crippen MR) is 129 cm³/mol. The average molecular weight is 553 g/mol. The Hall–Kier alpha value is -1.40. The number of fused-ring (bicyclic) bond motifs is 4. The van der Waals surface area contributed by atoms with Crippen molar-refractivity contribution in [3.8, 4) is 11.1 Å².